The zero-order valence-electron chi connectivity index (χ0n) is 2.76. The number of rotatable bonds is 1. The molecule has 0 atom stereocenters. The van der Waals surface area contributed by atoms with Crippen LogP contribution in [0.1, 0.15) is 0 Å². The van der Waals surface area contributed by atoms with Gasteiger partial charge < -0.3 is 4.84 Å². The summed E-state index contributed by atoms with van der Waals surface area (Å²) in [5, 5.41) is 8.80. The molecule has 5 heavy (non-hydrogen) atoms. The molecule has 0 unspecified atom stereocenters. The van der Waals surface area contributed by atoms with E-state index in [1.807, 2.05) is 0 Å². The molecule has 0 amide bonds. The van der Waals surface area contributed by atoms with Gasteiger partial charge in [-0.1, -0.05) is 0 Å². The molecule has 0 fully saturated rings. The number of nitrogens with one attached hydrogen (secondary N) is 1. The van der Waals surface area contributed by atoms with Gasteiger partial charge in [0.05, 0.1) is 0 Å². The Balaban J connectivity index is 2.85. The summed E-state index contributed by atoms with van der Waals surface area (Å²) in [7, 11) is 1.12. The Hall–Kier alpha value is -0.800. The molecule has 0 saturated carbocycles. The third kappa shape index (κ3) is 3.20. The van der Waals surface area contributed by atoms with Gasteiger partial charge in [0.2, 0.25) is 0 Å². The van der Waals surface area contributed by atoms with Crippen LogP contribution in [0.15, 0.2) is 0 Å². The van der Waals surface area contributed by atoms with E-state index in [1.165, 1.54) is 0 Å². The monoisotopic (exact) mass is 76.0 g/mol. The lowest BCUT2D eigenvalue weighted by Gasteiger charge is -1.83. The van der Waals surface area contributed by atoms with E-state index in [0.717, 1.165) is 7.11 Å². The molecule has 0 radical (unpaired) electrons. The van der Waals surface area contributed by atoms with Crippen molar-refractivity contribution in [1.29, 1.82) is 5.53 Å². The van der Waals surface area contributed by atoms with E-state index in [9.17, 15) is 5.21 Å². The van der Waals surface area contributed by atoms with Gasteiger partial charge in [0.15, 0.2) is 5.02 Å². The van der Waals surface area contributed by atoms with Gasteiger partial charge in [-0.3, -0.25) is 0 Å². The van der Waals surface area contributed by atoms with Crippen molar-refractivity contribution in [3.8, 4) is 0 Å². The van der Waals surface area contributed by atoms with E-state index in [1.54, 1.807) is 0 Å². The number of hydrogen-bond donors (Lipinski definition) is 1. The van der Waals surface area contributed by atoms with Gasteiger partial charge in [0.25, 0.3) is 0 Å². The molecule has 0 bridgehead atoms. The molecule has 0 aliphatic rings. The Labute approximate surface area is 29.0 Å². The second-order valence-corrected chi connectivity index (χ2v) is 0.440. The molecule has 0 spiro atoms. The van der Waals surface area contributed by atoms with Crippen molar-refractivity contribution in [1.82, 2.24) is 0 Å². The Morgan fingerprint density at radius 3 is 2.20 bits per heavy atom. The van der Waals surface area contributed by atoms with Crippen LogP contribution in [-0.4, -0.2) is 12.1 Å². The molecule has 30 valence electrons. The summed E-state index contributed by atoms with van der Waals surface area (Å²) in [6.07, 6.45) is 0. The van der Waals surface area contributed by atoms with Gasteiger partial charge in [0.1, 0.15) is 0 Å². The van der Waals surface area contributed by atoms with E-state index in [2.05, 4.69) is 4.84 Å². The quantitative estimate of drug-likeness (QED) is 0.355. The van der Waals surface area contributed by atoms with Gasteiger partial charge in [-0.15, -0.1) is 0 Å². The van der Waals surface area contributed by atoms with E-state index in [4.69, 9.17) is 5.53 Å². The standard InChI is InChI=1S/CH4N2O2/c1-5-3(2)4/h2H,1H3. The van der Waals surface area contributed by atoms with Crippen LogP contribution >= 0.6 is 0 Å². The molecule has 0 rings (SSSR count). The van der Waals surface area contributed by atoms with Crippen molar-refractivity contribution in [2.75, 3.05) is 7.11 Å². The molecule has 0 aromatic heterocycles. The van der Waals surface area contributed by atoms with Gasteiger partial charge in [-0.2, -0.15) is 0 Å². The SMILES string of the molecule is CO[N+](=N)[O-]. The van der Waals surface area contributed by atoms with Crippen LogP contribution in [0.3, 0.4) is 0 Å². The first-order valence-corrected chi connectivity index (χ1v) is 0.997. The zero-order valence-corrected chi connectivity index (χ0v) is 2.76. The maximum Gasteiger partial charge on any atom is 0.165 e. The largest absolute Gasteiger partial charge is 0.384 e. The average Bonchev–Trinajstić information content (AvgIpc) is 1.38. The molecule has 0 saturated heterocycles. The first-order valence-electron chi connectivity index (χ1n) is 0.997. The molecule has 0 heterocycles. The summed E-state index contributed by atoms with van der Waals surface area (Å²) in [6, 6.07) is 0. The van der Waals surface area contributed by atoms with E-state index in [0.29, 0.717) is 0 Å². The average molecular weight is 76.1 g/mol. The van der Waals surface area contributed by atoms with E-state index >= 15 is 0 Å². The van der Waals surface area contributed by atoms with Crippen LogP contribution in [0, 0.1) is 10.7 Å². The third-order valence-electron chi connectivity index (χ3n) is 0.166. The number of hydrogen-bond acceptors (Lipinski definition) is 3. The van der Waals surface area contributed by atoms with Crippen LogP contribution in [0.5, 0.6) is 0 Å². The highest BCUT2D eigenvalue weighted by atomic mass is 16.9. The maximum atomic E-state index is 9.17. The highest BCUT2D eigenvalue weighted by Gasteiger charge is 1.68. The van der Waals surface area contributed by atoms with E-state index < -0.39 is 0 Å². The van der Waals surface area contributed by atoms with Gasteiger partial charge in [-0.05, 0) is 0 Å². The minimum atomic E-state index is -0.375. The van der Waals surface area contributed by atoms with Gasteiger partial charge in [-0.25, -0.2) is 5.21 Å². The molecule has 0 aliphatic heterocycles. The second kappa shape index (κ2) is 1.51. The van der Waals surface area contributed by atoms with Crippen molar-refractivity contribution in [2.45, 2.75) is 0 Å². The molecule has 4 nitrogen and oxygen atoms in total. The van der Waals surface area contributed by atoms with Crippen LogP contribution in [0.4, 0.5) is 0 Å². The highest BCUT2D eigenvalue weighted by molar-refractivity contribution is 3.75. The molecule has 0 aromatic rings. The molecular weight excluding hydrogens is 72.0 g/mol. The first kappa shape index (κ1) is 4.20. The van der Waals surface area contributed by atoms with Crippen molar-refractivity contribution in [3.63, 3.8) is 0 Å². The molecule has 0 aliphatic carbocycles. The van der Waals surface area contributed by atoms with Crippen LogP contribution < -0.4 is 0 Å². The van der Waals surface area contributed by atoms with Crippen molar-refractivity contribution in [2.24, 2.45) is 0 Å². The fourth-order valence-corrected chi connectivity index (χ4v) is 0. The van der Waals surface area contributed by atoms with Gasteiger partial charge in [0, 0.05) is 12.6 Å². The lowest BCUT2D eigenvalue weighted by atomic mass is 11.7. The Morgan fingerprint density at radius 1 is 2.00 bits per heavy atom. The predicted molar refractivity (Wildman–Crippen MR) is 13.4 cm³/mol. The fraction of sp³-hybridized carbons (Fsp3) is 1.00. The number of nitrogens with zero attached hydrogens (tertiary/aromatic N) is 1. The Kier molecular flexibility index (Phi) is 1.27. The maximum absolute atomic E-state index is 9.17. The van der Waals surface area contributed by atoms with Crippen LogP contribution in [-0.2, 0) is 4.84 Å². The van der Waals surface area contributed by atoms with Gasteiger partial charge >= 0.3 is 0 Å². The smallest absolute Gasteiger partial charge is 0.165 e. The molecule has 0 aromatic carbocycles. The topological polar surface area (TPSA) is 59.2 Å². The highest BCUT2D eigenvalue weighted by Crippen LogP contribution is 1.57. The normalized spacial score (nSPS) is 6.60. The predicted octanol–water partition coefficient (Wildman–Crippen LogP) is 0.0891. The lowest BCUT2D eigenvalue weighted by molar-refractivity contribution is -0.799. The Morgan fingerprint density at radius 2 is 2.20 bits per heavy atom. The Bertz CT molecular complexity index is 42.9. The summed E-state index contributed by atoms with van der Waals surface area (Å²) in [5.74, 6) is 0. The summed E-state index contributed by atoms with van der Waals surface area (Å²) >= 11 is 0. The summed E-state index contributed by atoms with van der Waals surface area (Å²) in [6.45, 7) is 0. The summed E-state index contributed by atoms with van der Waals surface area (Å²) in [5.41, 5.74) is 5.88. The lowest BCUT2D eigenvalue weighted by Crippen LogP contribution is -1.91. The summed E-state index contributed by atoms with van der Waals surface area (Å²) < 4.78 is 0. The minimum Gasteiger partial charge on any atom is -0.384 e. The minimum absolute atomic E-state index is 0.375. The van der Waals surface area contributed by atoms with Crippen molar-refractivity contribution in [3.05, 3.63) is 5.21 Å². The summed E-state index contributed by atoms with van der Waals surface area (Å²) in [4.78, 5) is 3.69. The second-order valence-electron chi connectivity index (χ2n) is 0.440. The van der Waals surface area contributed by atoms with Crippen LogP contribution in [0.2, 0.25) is 0 Å². The third-order valence-corrected chi connectivity index (χ3v) is 0.166. The fourth-order valence-electron chi connectivity index (χ4n) is 0. The molecule has 1 N–H and O–H groups in total. The van der Waals surface area contributed by atoms with Crippen molar-refractivity contribution >= 4 is 0 Å². The van der Waals surface area contributed by atoms with E-state index in [-0.39, 0.29) is 5.02 Å². The molecular formula is CH4N2O2. The van der Waals surface area contributed by atoms with Crippen molar-refractivity contribution < 1.29 is 9.86 Å². The van der Waals surface area contributed by atoms with Crippen LogP contribution in [0.25, 0.3) is 0 Å². The zero-order chi connectivity index (χ0) is 4.28. The molecule has 4 heteroatoms. The first-order chi connectivity index (χ1) is 2.27.